The highest BCUT2D eigenvalue weighted by molar-refractivity contribution is 7.92. The van der Waals surface area contributed by atoms with Gasteiger partial charge in [0.05, 0.1) is 10.6 Å². The molecule has 40 heavy (non-hydrogen) atoms. The largest absolute Gasteiger partial charge is 0.354 e. The molecule has 3 aromatic carbocycles. The number of anilines is 1. The molecule has 0 aliphatic heterocycles. The molecule has 0 saturated heterocycles. The minimum atomic E-state index is -4.21. The van der Waals surface area contributed by atoms with E-state index in [9.17, 15) is 18.0 Å². The quantitative estimate of drug-likeness (QED) is 0.235. The highest BCUT2D eigenvalue weighted by Crippen LogP contribution is 2.30. The topological polar surface area (TPSA) is 86.8 Å². The van der Waals surface area contributed by atoms with Crippen LogP contribution in [0.1, 0.15) is 44.2 Å². The summed E-state index contributed by atoms with van der Waals surface area (Å²) in [6.07, 6.45) is 2.08. The Morgan fingerprint density at radius 2 is 1.55 bits per heavy atom. The first kappa shape index (κ1) is 31.5. The maximum absolute atomic E-state index is 14.0. The highest BCUT2D eigenvalue weighted by Gasteiger charge is 2.33. The number of hydrogen-bond donors (Lipinski definition) is 1. The number of rotatable bonds is 13. The molecule has 3 rings (SSSR count). The number of carbonyl (C=O) groups excluding carboxylic acids is 2. The summed E-state index contributed by atoms with van der Waals surface area (Å²) in [4.78, 5) is 28.7. The van der Waals surface area contributed by atoms with Crippen molar-refractivity contribution in [1.82, 2.24) is 10.2 Å². The number of nitrogens with one attached hydrogen (secondary N) is 1. The van der Waals surface area contributed by atoms with Gasteiger partial charge in [-0.2, -0.15) is 0 Å². The van der Waals surface area contributed by atoms with Crippen molar-refractivity contribution < 1.29 is 18.0 Å². The molecule has 2 amide bonds. The SMILES string of the molecule is CCCCNC(=O)[C@H](CC)N(Cc1ccccc1)C(=O)CN(c1cc(Cl)cc(Cl)c1)S(=O)(=O)c1ccc(C)cc1. The molecule has 0 aliphatic carbocycles. The normalized spacial score (nSPS) is 12.0. The van der Waals surface area contributed by atoms with Crippen LogP contribution in [0, 0.1) is 6.92 Å². The van der Waals surface area contributed by atoms with E-state index < -0.39 is 28.5 Å². The van der Waals surface area contributed by atoms with Crippen molar-refractivity contribution in [3.8, 4) is 0 Å². The van der Waals surface area contributed by atoms with Crippen LogP contribution in [0.15, 0.2) is 77.7 Å². The van der Waals surface area contributed by atoms with Crippen molar-refractivity contribution >= 4 is 50.7 Å². The molecule has 214 valence electrons. The Bertz CT molecular complexity index is 1380. The molecule has 3 aromatic rings. The van der Waals surface area contributed by atoms with E-state index in [4.69, 9.17) is 23.2 Å². The van der Waals surface area contributed by atoms with Crippen LogP contribution in [0.25, 0.3) is 0 Å². The predicted molar refractivity (Wildman–Crippen MR) is 161 cm³/mol. The van der Waals surface area contributed by atoms with Gasteiger partial charge in [0, 0.05) is 23.1 Å². The van der Waals surface area contributed by atoms with Crippen LogP contribution >= 0.6 is 23.2 Å². The molecule has 0 fully saturated rings. The smallest absolute Gasteiger partial charge is 0.264 e. The Balaban J connectivity index is 2.05. The van der Waals surface area contributed by atoms with Gasteiger partial charge in [-0.05, 0) is 55.7 Å². The average molecular weight is 605 g/mol. The van der Waals surface area contributed by atoms with Crippen LogP contribution in [0.3, 0.4) is 0 Å². The lowest BCUT2D eigenvalue weighted by molar-refractivity contribution is -0.140. The Morgan fingerprint density at radius 1 is 0.925 bits per heavy atom. The molecular formula is C30H35Cl2N3O4S. The number of benzene rings is 3. The van der Waals surface area contributed by atoms with Crippen LogP contribution in [0.2, 0.25) is 10.0 Å². The lowest BCUT2D eigenvalue weighted by Gasteiger charge is -2.33. The molecule has 0 heterocycles. The van der Waals surface area contributed by atoms with E-state index in [0.29, 0.717) is 13.0 Å². The van der Waals surface area contributed by atoms with Crippen molar-refractivity contribution in [3.63, 3.8) is 0 Å². The third-order valence-corrected chi connectivity index (χ3v) is 8.66. The van der Waals surface area contributed by atoms with Gasteiger partial charge >= 0.3 is 0 Å². The Kier molecular flexibility index (Phi) is 11.4. The maximum Gasteiger partial charge on any atom is 0.264 e. The summed E-state index contributed by atoms with van der Waals surface area (Å²) < 4.78 is 28.8. The summed E-state index contributed by atoms with van der Waals surface area (Å²) in [6.45, 7) is 5.78. The standard InChI is InChI=1S/C30H35Cl2N3O4S/c1-4-6-16-33-30(37)28(5-2)34(20-23-10-8-7-9-11-23)29(36)21-35(26-18-24(31)17-25(32)19-26)40(38,39)27-14-12-22(3)13-15-27/h7-15,17-19,28H,4-6,16,20-21H2,1-3H3,(H,33,37)/t28-/m0/s1. The summed E-state index contributed by atoms with van der Waals surface area (Å²) in [5.41, 5.74) is 1.85. The van der Waals surface area contributed by atoms with E-state index in [0.717, 1.165) is 28.3 Å². The first-order chi connectivity index (χ1) is 19.1. The number of unbranched alkanes of at least 4 members (excludes halogenated alkanes) is 1. The predicted octanol–water partition coefficient (Wildman–Crippen LogP) is 6.22. The van der Waals surface area contributed by atoms with E-state index in [-0.39, 0.29) is 33.1 Å². The summed E-state index contributed by atoms with van der Waals surface area (Å²) >= 11 is 12.5. The molecular weight excluding hydrogens is 569 g/mol. The van der Waals surface area contributed by atoms with Crippen molar-refractivity contribution in [2.24, 2.45) is 0 Å². The number of aryl methyl sites for hydroxylation is 1. The maximum atomic E-state index is 14.0. The van der Waals surface area contributed by atoms with Gasteiger partial charge in [0.25, 0.3) is 10.0 Å². The van der Waals surface area contributed by atoms with Gasteiger partial charge in [-0.15, -0.1) is 0 Å². The lowest BCUT2D eigenvalue weighted by Crippen LogP contribution is -2.52. The van der Waals surface area contributed by atoms with Crippen molar-refractivity contribution in [2.45, 2.75) is 57.5 Å². The molecule has 0 saturated carbocycles. The minimum absolute atomic E-state index is 0.0148. The Labute approximate surface area is 247 Å². The fourth-order valence-electron chi connectivity index (χ4n) is 4.26. The average Bonchev–Trinajstić information content (AvgIpc) is 2.91. The third-order valence-electron chi connectivity index (χ3n) is 6.43. The summed E-state index contributed by atoms with van der Waals surface area (Å²) in [7, 11) is -4.21. The second-order valence-electron chi connectivity index (χ2n) is 9.53. The first-order valence-corrected chi connectivity index (χ1v) is 15.4. The molecule has 0 spiro atoms. The molecule has 0 aliphatic rings. The molecule has 0 unspecified atom stereocenters. The van der Waals surface area contributed by atoms with E-state index in [1.807, 2.05) is 51.1 Å². The van der Waals surface area contributed by atoms with Gasteiger partial charge in [0.1, 0.15) is 12.6 Å². The summed E-state index contributed by atoms with van der Waals surface area (Å²) in [5, 5.41) is 3.37. The molecule has 1 atom stereocenters. The molecule has 1 N–H and O–H groups in total. The molecule has 7 nitrogen and oxygen atoms in total. The van der Waals surface area contributed by atoms with Crippen molar-refractivity contribution in [2.75, 3.05) is 17.4 Å². The zero-order valence-electron chi connectivity index (χ0n) is 22.9. The fourth-order valence-corrected chi connectivity index (χ4v) is 6.17. The van der Waals surface area contributed by atoms with Gasteiger partial charge in [-0.25, -0.2) is 8.42 Å². The Morgan fingerprint density at radius 3 is 2.12 bits per heavy atom. The van der Waals surface area contributed by atoms with Crippen LogP contribution in [-0.2, 0) is 26.2 Å². The van der Waals surface area contributed by atoms with E-state index in [1.54, 1.807) is 12.1 Å². The lowest BCUT2D eigenvalue weighted by atomic mass is 10.1. The Hall–Kier alpha value is -3.07. The number of amides is 2. The van der Waals surface area contributed by atoms with Gasteiger partial charge in [0.2, 0.25) is 11.8 Å². The fraction of sp³-hybridized carbons (Fsp3) is 0.333. The first-order valence-electron chi connectivity index (χ1n) is 13.2. The number of nitrogens with zero attached hydrogens (tertiary/aromatic N) is 2. The van der Waals surface area contributed by atoms with Gasteiger partial charge in [0.15, 0.2) is 0 Å². The zero-order valence-corrected chi connectivity index (χ0v) is 25.3. The van der Waals surface area contributed by atoms with Crippen LogP contribution in [-0.4, -0.2) is 44.3 Å². The summed E-state index contributed by atoms with van der Waals surface area (Å²) in [5.74, 6) is -0.813. The molecule has 0 aromatic heterocycles. The van der Waals surface area contributed by atoms with Crippen LogP contribution < -0.4 is 9.62 Å². The number of carbonyl (C=O) groups is 2. The van der Waals surface area contributed by atoms with Gasteiger partial charge in [-0.3, -0.25) is 13.9 Å². The molecule has 0 bridgehead atoms. The van der Waals surface area contributed by atoms with Gasteiger partial charge in [-0.1, -0.05) is 91.5 Å². The van der Waals surface area contributed by atoms with Crippen molar-refractivity contribution in [3.05, 3.63) is 94.0 Å². The number of hydrogen-bond acceptors (Lipinski definition) is 4. The summed E-state index contributed by atoms with van der Waals surface area (Å²) in [6, 6.07) is 19.2. The highest BCUT2D eigenvalue weighted by atomic mass is 35.5. The minimum Gasteiger partial charge on any atom is -0.354 e. The van der Waals surface area contributed by atoms with Crippen LogP contribution in [0.5, 0.6) is 0 Å². The zero-order chi connectivity index (χ0) is 29.3. The second kappa shape index (κ2) is 14.5. The third kappa shape index (κ3) is 8.22. The number of halogens is 2. The monoisotopic (exact) mass is 603 g/mol. The van der Waals surface area contributed by atoms with Crippen LogP contribution in [0.4, 0.5) is 5.69 Å². The second-order valence-corrected chi connectivity index (χ2v) is 12.3. The van der Waals surface area contributed by atoms with E-state index in [2.05, 4.69) is 5.32 Å². The van der Waals surface area contributed by atoms with E-state index >= 15 is 0 Å². The number of sulfonamides is 1. The molecule has 10 heteroatoms. The van der Waals surface area contributed by atoms with E-state index in [1.165, 1.54) is 35.2 Å². The molecule has 0 radical (unpaired) electrons. The van der Waals surface area contributed by atoms with Crippen molar-refractivity contribution in [1.29, 1.82) is 0 Å². The van der Waals surface area contributed by atoms with Gasteiger partial charge < -0.3 is 10.2 Å².